The molecule has 0 aliphatic carbocycles. The fraction of sp³-hybridized carbons (Fsp3) is 0.400. The molecule has 1 aliphatic heterocycles. The van der Waals surface area contributed by atoms with Gasteiger partial charge < -0.3 is 14.6 Å². The third-order valence-corrected chi connectivity index (χ3v) is 2.91. The molecule has 0 saturated heterocycles. The summed E-state index contributed by atoms with van der Waals surface area (Å²) < 4.78 is 11.7. The Balaban J connectivity index is 2.31. The highest BCUT2D eigenvalue weighted by Crippen LogP contribution is 2.39. The van der Waals surface area contributed by atoms with Crippen LogP contribution in [0.1, 0.15) is 12.0 Å². The monoisotopic (exact) mass is 258 g/mol. The number of rotatable bonds is 3. The van der Waals surface area contributed by atoms with Crippen LogP contribution < -0.4 is 9.47 Å². The third-order valence-electron chi connectivity index (χ3n) is 2.17. The standard InChI is InChI=1S/C10H11BrO3/c11-8-3-4-9-10(14-6-13-9)7(8)2-1-5-12/h3-4,12H,1-2,5-6H2. The van der Waals surface area contributed by atoms with Crippen LogP contribution in [-0.4, -0.2) is 18.5 Å². The molecule has 1 aromatic carbocycles. The second-order valence-electron chi connectivity index (χ2n) is 3.09. The van der Waals surface area contributed by atoms with E-state index in [1.165, 1.54) is 0 Å². The highest BCUT2D eigenvalue weighted by atomic mass is 79.9. The summed E-state index contributed by atoms with van der Waals surface area (Å²) in [7, 11) is 0. The fourth-order valence-corrected chi connectivity index (χ4v) is 2.01. The van der Waals surface area contributed by atoms with Crippen LogP contribution in [0.3, 0.4) is 0 Å². The van der Waals surface area contributed by atoms with Crippen LogP contribution in [0.2, 0.25) is 0 Å². The normalized spacial score (nSPS) is 13.3. The molecule has 0 unspecified atom stereocenters. The van der Waals surface area contributed by atoms with Gasteiger partial charge in [0.25, 0.3) is 0 Å². The fourth-order valence-electron chi connectivity index (χ4n) is 1.49. The van der Waals surface area contributed by atoms with E-state index in [0.29, 0.717) is 0 Å². The van der Waals surface area contributed by atoms with Gasteiger partial charge in [0.15, 0.2) is 11.5 Å². The third kappa shape index (κ3) is 1.72. The van der Waals surface area contributed by atoms with Crippen molar-refractivity contribution in [1.82, 2.24) is 0 Å². The number of ether oxygens (including phenoxy) is 2. The summed E-state index contributed by atoms with van der Waals surface area (Å²) in [5.74, 6) is 1.61. The summed E-state index contributed by atoms with van der Waals surface area (Å²) in [6, 6.07) is 3.83. The van der Waals surface area contributed by atoms with E-state index in [0.717, 1.165) is 34.4 Å². The van der Waals surface area contributed by atoms with Crippen molar-refractivity contribution in [2.24, 2.45) is 0 Å². The number of aliphatic hydroxyl groups excluding tert-OH is 1. The summed E-state index contributed by atoms with van der Waals surface area (Å²) in [5, 5.41) is 8.78. The molecule has 1 N–H and O–H groups in total. The number of fused-ring (bicyclic) bond motifs is 1. The maximum absolute atomic E-state index is 8.78. The minimum Gasteiger partial charge on any atom is -0.454 e. The Hall–Kier alpha value is -0.740. The van der Waals surface area contributed by atoms with Gasteiger partial charge >= 0.3 is 0 Å². The molecule has 3 nitrogen and oxygen atoms in total. The van der Waals surface area contributed by atoms with Crippen molar-refractivity contribution in [2.45, 2.75) is 12.8 Å². The molecule has 0 aromatic heterocycles. The topological polar surface area (TPSA) is 38.7 Å². The van der Waals surface area contributed by atoms with E-state index in [9.17, 15) is 0 Å². The van der Waals surface area contributed by atoms with Gasteiger partial charge in [0.05, 0.1) is 0 Å². The van der Waals surface area contributed by atoms with E-state index in [2.05, 4.69) is 15.9 Å². The maximum Gasteiger partial charge on any atom is 0.231 e. The molecule has 0 amide bonds. The van der Waals surface area contributed by atoms with Gasteiger partial charge in [-0.25, -0.2) is 0 Å². The van der Waals surface area contributed by atoms with Gasteiger partial charge in [0, 0.05) is 16.6 Å². The molecule has 0 fully saturated rings. The Morgan fingerprint density at radius 3 is 3.00 bits per heavy atom. The molecule has 0 saturated carbocycles. The van der Waals surface area contributed by atoms with E-state index in [4.69, 9.17) is 14.6 Å². The van der Waals surface area contributed by atoms with Crippen molar-refractivity contribution in [2.75, 3.05) is 13.4 Å². The highest BCUT2D eigenvalue weighted by molar-refractivity contribution is 9.10. The lowest BCUT2D eigenvalue weighted by Crippen LogP contribution is -1.96. The van der Waals surface area contributed by atoms with E-state index >= 15 is 0 Å². The highest BCUT2D eigenvalue weighted by Gasteiger charge is 2.19. The van der Waals surface area contributed by atoms with Crippen molar-refractivity contribution < 1.29 is 14.6 Å². The Labute approximate surface area is 90.8 Å². The number of benzene rings is 1. The molecule has 1 aliphatic rings. The molecule has 2 rings (SSSR count). The zero-order valence-corrected chi connectivity index (χ0v) is 9.21. The van der Waals surface area contributed by atoms with Crippen LogP contribution in [0.15, 0.2) is 16.6 Å². The van der Waals surface area contributed by atoms with E-state index in [1.807, 2.05) is 12.1 Å². The van der Waals surface area contributed by atoms with Crippen LogP contribution in [0.25, 0.3) is 0 Å². The first-order chi connectivity index (χ1) is 6.83. The first-order valence-electron chi connectivity index (χ1n) is 4.51. The van der Waals surface area contributed by atoms with Crippen molar-refractivity contribution in [3.05, 3.63) is 22.2 Å². The van der Waals surface area contributed by atoms with Gasteiger partial charge in [-0.2, -0.15) is 0 Å². The molecule has 4 heteroatoms. The zero-order valence-electron chi connectivity index (χ0n) is 7.62. The van der Waals surface area contributed by atoms with Crippen molar-refractivity contribution >= 4 is 15.9 Å². The molecular weight excluding hydrogens is 248 g/mol. The van der Waals surface area contributed by atoms with Gasteiger partial charge in [-0.1, -0.05) is 15.9 Å². The molecule has 0 radical (unpaired) electrons. The van der Waals surface area contributed by atoms with Crippen LogP contribution in [0.5, 0.6) is 11.5 Å². The summed E-state index contributed by atoms with van der Waals surface area (Å²) in [5.41, 5.74) is 1.08. The lowest BCUT2D eigenvalue weighted by molar-refractivity contribution is 0.173. The van der Waals surface area contributed by atoms with Crippen molar-refractivity contribution in [1.29, 1.82) is 0 Å². The first-order valence-corrected chi connectivity index (χ1v) is 5.30. The molecule has 14 heavy (non-hydrogen) atoms. The van der Waals surface area contributed by atoms with Gasteiger partial charge in [-0.3, -0.25) is 0 Å². The average molecular weight is 259 g/mol. The van der Waals surface area contributed by atoms with Crippen molar-refractivity contribution in [3.8, 4) is 11.5 Å². The lowest BCUT2D eigenvalue weighted by Gasteiger charge is -2.07. The predicted octanol–water partition coefficient (Wildman–Crippen LogP) is 2.10. The number of aliphatic hydroxyl groups is 1. The number of hydrogen-bond acceptors (Lipinski definition) is 3. The minimum absolute atomic E-state index is 0.191. The predicted molar refractivity (Wildman–Crippen MR) is 55.7 cm³/mol. The van der Waals surface area contributed by atoms with Crippen LogP contribution in [-0.2, 0) is 6.42 Å². The second-order valence-corrected chi connectivity index (χ2v) is 3.94. The largest absolute Gasteiger partial charge is 0.454 e. The smallest absolute Gasteiger partial charge is 0.231 e. The molecule has 0 atom stereocenters. The van der Waals surface area contributed by atoms with Crippen LogP contribution in [0, 0.1) is 0 Å². The van der Waals surface area contributed by atoms with E-state index < -0.39 is 0 Å². The Kier molecular flexibility index (Phi) is 2.93. The Morgan fingerprint density at radius 1 is 1.36 bits per heavy atom. The summed E-state index contributed by atoms with van der Waals surface area (Å²) in [4.78, 5) is 0. The average Bonchev–Trinajstić information content (AvgIpc) is 2.64. The summed E-state index contributed by atoms with van der Waals surface area (Å²) >= 11 is 3.46. The molecule has 1 aromatic rings. The molecule has 1 heterocycles. The first kappa shape index (κ1) is 9.80. The number of halogens is 1. The van der Waals surface area contributed by atoms with Crippen molar-refractivity contribution in [3.63, 3.8) is 0 Å². The quantitative estimate of drug-likeness (QED) is 0.903. The van der Waals surface area contributed by atoms with Gasteiger partial charge in [-0.05, 0) is 25.0 Å². The maximum atomic E-state index is 8.78. The molecule has 0 bridgehead atoms. The lowest BCUT2D eigenvalue weighted by atomic mass is 10.1. The van der Waals surface area contributed by atoms with Crippen LogP contribution >= 0.6 is 15.9 Å². The van der Waals surface area contributed by atoms with E-state index in [1.54, 1.807) is 0 Å². The Morgan fingerprint density at radius 2 is 2.21 bits per heavy atom. The molecule has 0 spiro atoms. The van der Waals surface area contributed by atoms with Gasteiger partial charge in [-0.15, -0.1) is 0 Å². The summed E-state index contributed by atoms with van der Waals surface area (Å²) in [6.07, 6.45) is 1.53. The van der Waals surface area contributed by atoms with E-state index in [-0.39, 0.29) is 13.4 Å². The molecule has 76 valence electrons. The zero-order chi connectivity index (χ0) is 9.97. The summed E-state index contributed by atoms with van der Waals surface area (Å²) in [6.45, 7) is 0.481. The SMILES string of the molecule is OCCCc1c(Br)ccc2c1OCO2. The van der Waals surface area contributed by atoms with Gasteiger partial charge in [0.1, 0.15) is 0 Å². The van der Waals surface area contributed by atoms with Crippen LogP contribution in [0.4, 0.5) is 0 Å². The Bertz CT molecular complexity index is 338. The molecular formula is C10H11BrO3. The second kappa shape index (κ2) is 4.19. The van der Waals surface area contributed by atoms with Gasteiger partial charge in [0.2, 0.25) is 6.79 Å². The number of hydrogen-bond donors (Lipinski definition) is 1. The minimum atomic E-state index is 0.191.